The van der Waals surface area contributed by atoms with Crippen LogP contribution in [0.25, 0.3) is 5.57 Å². The summed E-state index contributed by atoms with van der Waals surface area (Å²) >= 11 is 5.87. The number of hydrogen-bond donors (Lipinski definition) is 2. The van der Waals surface area contributed by atoms with Gasteiger partial charge < -0.3 is 10.4 Å². The highest BCUT2D eigenvalue weighted by molar-refractivity contribution is 6.31. The maximum absolute atomic E-state index is 11.9. The Bertz CT molecular complexity index is 532. The molecule has 0 atom stereocenters. The summed E-state index contributed by atoms with van der Waals surface area (Å²) < 4.78 is 0. The van der Waals surface area contributed by atoms with Crippen molar-refractivity contribution in [2.75, 3.05) is 0 Å². The number of nitrogens with one attached hydrogen (secondary N) is 1. The van der Waals surface area contributed by atoms with E-state index in [1.54, 1.807) is 32.0 Å². The SMILES string of the molecule is Cc1cc(Cl)ccc1C1=C(O)C(C)(C)NC1=O. The minimum atomic E-state index is -0.710. The molecule has 0 aromatic heterocycles. The summed E-state index contributed by atoms with van der Waals surface area (Å²) in [7, 11) is 0. The molecule has 1 aliphatic heterocycles. The number of aryl methyl sites for hydroxylation is 1. The normalized spacial score (nSPS) is 18.5. The second kappa shape index (κ2) is 3.77. The molecule has 4 heteroatoms. The third-order valence-electron chi connectivity index (χ3n) is 2.94. The number of carbonyl (C=O) groups excluding carboxylic acids is 1. The molecule has 0 saturated heterocycles. The highest BCUT2D eigenvalue weighted by atomic mass is 35.5. The number of aliphatic hydroxyl groups excluding tert-OH is 1. The van der Waals surface area contributed by atoms with Crippen LogP contribution in [0.3, 0.4) is 0 Å². The van der Waals surface area contributed by atoms with Gasteiger partial charge >= 0.3 is 0 Å². The van der Waals surface area contributed by atoms with E-state index < -0.39 is 5.54 Å². The van der Waals surface area contributed by atoms with Crippen LogP contribution < -0.4 is 5.32 Å². The van der Waals surface area contributed by atoms with Gasteiger partial charge in [-0.25, -0.2) is 0 Å². The molecule has 0 saturated carbocycles. The number of halogens is 1. The standard InChI is InChI=1S/C13H14ClNO2/c1-7-6-8(14)4-5-9(7)10-11(16)13(2,3)15-12(10)17/h4-6,16H,1-3H3,(H,15,17). The minimum Gasteiger partial charge on any atom is -0.509 e. The molecule has 1 heterocycles. The highest BCUT2D eigenvalue weighted by Crippen LogP contribution is 2.33. The molecule has 1 aliphatic rings. The second-order valence-electron chi connectivity index (χ2n) is 4.76. The largest absolute Gasteiger partial charge is 0.509 e. The van der Waals surface area contributed by atoms with Crippen molar-refractivity contribution in [2.24, 2.45) is 0 Å². The predicted octanol–water partition coefficient (Wildman–Crippen LogP) is 2.83. The first kappa shape index (κ1) is 12.0. The van der Waals surface area contributed by atoms with Gasteiger partial charge in [-0.1, -0.05) is 17.7 Å². The summed E-state index contributed by atoms with van der Waals surface area (Å²) in [4.78, 5) is 11.9. The number of benzene rings is 1. The molecule has 0 fully saturated rings. The molecule has 2 N–H and O–H groups in total. The maximum Gasteiger partial charge on any atom is 0.256 e. The van der Waals surface area contributed by atoms with Gasteiger partial charge in [0.2, 0.25) is 0 Å². The fraction of sp³-hybridized carbons (Fsp3) is 0.308. The third kappa shape index (κ3) is 1.91. The molecule has 17 heavy (non-hydrogen) atoms. The van der Waals surface area contributed by atoms with Gasteiger partial charge in [0.1, 0.15) is 5.76 Å². The van der Waals surface area contributed by atoms with E-state index in [-0.39, 0.29) is 11.7 Å². The van der Waals surface area contributed by atoms with Gasteiger partial charge in [-0.05, 0) is 44.0 Å². The van der Waals surface area contributed by atoms with E-state index in [9.17, 15) is 9.90 Å². The van der Waals surface area contributed by atoms with Crippen LogP contribution in [0.1, 0.15) is 25.0 Å². The van der Waals surface area contributed by atoms with Crippen molar-refractivity contribution in [3.8, 4) is 0 Å². The summed E-state index contributed by atoms with van der Waals surface area (Å²) in [6.07, 6.45) is 0. The molecule has 90 valence electrons. The van der Waals surface area contributed by atoms with Crippen LogP contribution >= 0.6 is 11.6 Å². The summed E-state index contributed by atoms with van der Waals surface area (Å²) in [6, 6.07) is 5.24. The van der Waals surface area contributed by atoms with Gasteiger partial charge in [0.25, 0.3) is 5.91 Å². The smallest absolute Gasteiger partial charge is 0.256 e. The molecule has 0 spiro atoms. The molecule has 1 aromatic rings. The number of hydrogen-bond acceptors (Lipinski definition) is 2. The Kier molecular flexibility index (Phi) is 2.66. The van der Waals surface area contributed by atoms with Crippen LogP contribution in [0.15, 0.2) is 24.0 Å². The summed E-state index contributed by atoms with van der Waals surface area (Å²) in [6.45, 7) is 5.39. The van der Waals surface area contributed by atoms with Crippen molar-refractivity contribution < 1.29 is 9.90 Å². The lowest BCUT2D eigenvalue weighted by Crippen LogP contribution is -2.38. The minimum absolute atomic E-state index is 0.0768. The first-order chi connectivity index (χ1) is 7.83. The van der Waals surface area contributed by atoms with Crippen LogP contribution in [0.4, 0.5) is 0 Å². The summed E-state index contributed by atoms with van der Waals surface area (Å²) in [5, 5.41) is 13.4. The van der Waals surface area contributed by atoms with Crippen molar-refractivity contribution in [3.63, 3.8) is 0 Å². The van der Waals surface area contributed by atoms with E-state index in [1.807, 2.05) is 6.92 Å². The number of aliphatic hydroxyl groups is 1. The van der Waals surface area contributed by atoms with Crippen LogP contribution in [0, 0.1) is 6.92 Å². The molecule has 3 nitrogen and oxygen atoms in total. The Morgan fingerprint density at radius 3 is 2.47 bits per heavy atom. The van der Waals surface area contributed by atoms with E-state index in [1.165, 1.54) is 0 Å². The van der Waals surface area contributed by atoms with Crippen molar-refractivity contribution in [1.29, 1.82) is 0 Å². The van der Waals surface area contributed by atoms with Crippen molar-refractivity contribution in [3.05, 3.63) is 40.1 Å². The second-order valence-corrected chi connectivity index (χ2v) is 5.20. The number of rotatable bonds is 1. The summed E-state index contributed by atoms with van der Waals surface area (Å²) in [5.41, 5.74) is 1.21. The van der Waals surface area contributed by atoms with Crippen molar-refractivity contribution in [1.82, 2.24) is 5.32 Å². The van der Waals surface area contributed by atoms with Crippen molar-refractivity contribution in [2.45, 2.75) is 26.3 Å². The zero-order chi connectivity index (χ0) is 12.8. The molecule has 0 unspecified atom stereocenters. The van der Waals surface area contributed by atoms with Gasteiger partial charge in [0, 0.05) is 5.02 Å². The van der Waals surface area contributed by atoms with Gasteiger partial charge in [-0.3, -0.25) is 4.79 Å². The van der Waals surface area contributed by atoms with Gasteiger partial charge in [-0.2, -0.15) is 0 Å². The van der Waals surface area contributed by atoms with Crippen LogP contribution in [-0.4, -0.2) is 16.6 Å². The summed E-state index contributed by atoms with van der Waals surface area (Å²) in [5.74, 6) is -0.175. The molecule has 1 aromatic carbocycles. The van der Waals surface area contributed by atoms with Gasteiger partial charge in [0.15, 0.2) is 0 Å². The van der Waals surface area contributed by atoms with Gasteiger partial charge in [-0.15, -0.1) is 0 Å². The Hall–Kier alpha value is -1.48. The van der Waals surface area contributed by atoms with Crippen LogP contribution in [0.5, 0.6) is 0 Å². The molecule has 0 aliphatic carbocycles. The first-order valence-electron chi connectivity index (χ1n) is 5.35. The Balaban J connectivity index is 2.61. The quantitative estimate of drug-likeness (QED) is 0.806. The topological polar surface area (TPSA) is 49.3 Å². The molecular weight excluding hydrogens is 238 g/mol. The monoisotopic (exact) mass is 251 g/mol. The number of carbonyl (C=O) groups is 1. The van der Waals surface area contributed by atoms with E-state index in [0.717, 1.165) is 11.1 Å². The Labute approximate surface area is 105 Å². The van der Waals surface area contributed by atoms with E-state index in [2.05, 4.69) is 5.32 Å². The predicted molar refractivity (Wildman–Crippen MR) is 68.0 cm³/mol. The number of amides is 1. The molecule has 0 radical (unpaired) electrons. The lowest BCUT2D eigenvalue weighted by atomic mass is 9.96. The van der Waals surface area contributed by atoms with Gasteiger partial charge in [0.05, 0.1) is 11.1 Å². The fourth-order valence-electron chi connectivity index (χ4n) is 1.98. The zero-order valence-corrected chi connectivity index (χ0v) is 10.7. The average Bonchev–Trinajstić information content (AvgIpc) is 2.39. The lowest BCUT2D eigenvalue weighted by molar-refractivity contribution is -0.115. The third-order valence-corrected chi connectivity index (χ3v) is 3.17. The van der Waals surface area contributed by atoms with E-state index in [0.29, 0.717) is 10.6 Å². The Morgan fingerprint density at radius 2 is 2.00 bits per heavy atom. The lowest BCUT2D eigenvalue weighted by Gasteiger charge is -2.17. The molecule has 2 rings (SSSR count). The molecule has 0 bridgehead atoms. The van der Waals surface area contributed by atoms with Crippen LogP contribution in [-0.2, 0) is 4.79 Å². The molecule has 1 amide bonds. The Morgan fingerprint density at radius 1 is 1.35 bits per heavy atom. The molecular formula is C13H14ClNO2. The first-order valence-corrected chi connectivity index (χ1v) is 5.73. The van der Waals surface area contributed by atoms with Crippen LogP contribution in [0.2, 0.25) is 5.02 Å². The van der Waals surface area contributed by atoms with E-state index >= 15 is 0 Å². The maximum atomic E-state index is 11.9. The average molecular weight is 252 g/mol. The fourth-order valence-corrected chi connectivity index (χ4v) is 2.21. The highest BCUT2D eigenvalue weighted by Gasteiger charge is 2.38. The zero-order valence-electron chi connectivity index (χ0n) is 9.97. The van der Waals surface area contributed by atoms with Crippen molar-refractivity contribution >= 4 is 23.1 Å². The van der Waals surface area contributed by atoms with E-state index in [4.69, 9.17) is 11.6 Å².